The SMILES string of the molecule is CCN(CC)C(=O)c1cc(C)nc2c1c(=O)n(Cc1c(F)cccc1Cl)c(=O)n2-c1ccccc1. The highest BCUT2D eigenvalue weighted by Gasteiger charge is 2.25. The first-order valence-corrected chi connectivity index (χ1v) is 11.6. The highest BCUT2D eigenvalue weighted by molar-refractivity contribution is 6.31. The van der Waals surface area contributed by atoms with Crippen molar-refractivity contribution in [2.24, 2.45) is 0 Å². The van der Waals surface area contributed by atoms with Gasteiger partial charge >= 0.3 is 5.69 Å². The van der Waals surface area contributed by atoms with Crippen molar-refractivity contribution in [3.05, 3.63) is 103 Å². The van der Waals surface area contributed by atoms with E-state index < -0.39 is 23.6 Å². The molecular weight excluding hydrogens is 471 g/mol. The number of benzene rings is 2. The molecule has 0 unspecified atom stereocenters. The van der Waals surface area contributed by atoms with Crippen molar-refractivity contribution in [2.45, 2.75) is 27.3 Å². The number of hydrogen-bond donors (Lipinski definition) is 0. The molecule has 0 atom stereocenters. The van der Waals surface area contributed by atoms with Gasteiger partial charge in [-0.25, -0.2) is 18.7 Å². The number of para-hydroxylation sites is 1. The van der Waals surface area contributed by atoms with E-state index >= 15 is 0 Å². The topological polar surface area (TPSA) is 77.2 Å². The molecule has 4 rings (SSSR count). The van der Waals surface area contributed by atoms with Gasteiger partial charge in [0.05, 0.1) is 23.2 Å². The van der Waals surface area contributed by atoms with E-state index in [9.17, 15) is 18.8 Å². The first-order chi connectivity index (χ1) is 16.8. The number of nitrogens with zero attached hydrogens (tertiary/aromatic N) is 4. The maximum atomic E-state index is 14.6. The Hall–Kier alpha value is -3.78. The van der Waals surface area contributed by atoms with Gasteiger partial charge in [0.1, 0.15) is 5.82 Å². The van der Waals surface area contributed by atoms with E-state index in [1.165, 1.54) is 22.8 Å². The lowest BCUT2D eigenvalue weighted by molar-refractivity contribution is 0.0774. The van der Waals surface area contributed by atoms with Crippen LogP contribution in [0.15, 0.2) is 64.2 Å². The average Bonchev–Trinajstić information content (AvgIpc) is 2.84. The number of halogens is 2. The van der Waals surface area contributed by atoms with Crippen LogP contribution in [0.25, 0.3) is 16.7 Å². The van der Waals surface area contributed by atoms with Gasteiger partial charge in [0.15, 0.2) is 5.65 Å². The zero-order valence-electron chi connectivity index (χ0n) is 19.6. The summed E-state index contributed by atoms with van der Waals surface area (Å²) in [4.78, 5) is 47.0. The van der Waals surface area contributed by atoms with Gasteiger partial charge in [-0.2, -0.15) is 0 Å². The number of aromatic nitrogens is 3. The lowest BCUT2D eigenvalue weighted by Gasteiger charge is -2.21. The van der Waals surface area contributed by atoms with Crippen LogP contribution in [0.3, 0.4) is 0 Å². The summed E-state index contributed by atoms with van der Waals surface area (Å²) in [5.74, 6) is -0.993. The number of fused-ring (bicyclic) bond motifs is 1. The van der Waals surface area contributed by atoms with Crippen LogP contribution in [-0.2, 0) is 6.54 Å². The summed E-state index contributed by atoms with van der Waals surface area (Å²) in [6.45, 7) is 5.86. The zero-order valence-corrected chi connectivity index (χ0v) is 20.3. The van der Waals surface area contributed by atoms with Crippen LogP contribution in [0.4, 0.5) is 4.39 Å². The maximum Gasteiger partial charge on any atom is 0.337 e. The molecule has 4 aromatic rings. The fourth-order valence-corrected chi connectivity index (χ4v) is 4.33. The van der Waals surface area contributed by atoms with Gasteiger partial charge in [0.2, 0.25) is 0 Å². The second kappa shape index (κ2) is 9.84. The molecule has 9 heteroatoms. The van der Waals surface area contributed by atoms with E-state index in [4.69, 9.17) is 11.6 Å². The Morgan fingerprint density at radius 2 is 1.74 bits per heavy atom. The molecule has 0 fully saturated rings. The Bertz CT molecular complexity index is 1520. The smallest absolute Gasteiger partial charge is 0.337 e. The van der Waals surface area contributed by atoms with Gasteiger partial charge in [-0.1, -0.05) is 35.9 Å². The van der Waals surface area contributed by atoms with Crippen molar-refractivity contribution >= 4 is 28.5 Å². The second-order valence-electron chi connectivity index (χ2n) is 8.03. The summed E-state index contributed by atoms with van der Waals surface area (Å²) in [6.07, 6.45) is 0. The van der Waals surface area contributed by atoms with E-state index in [1.807, 2.05) is 13.8 Å². The van der Waals surface area contributed by atoms with Gasteiger partial charge in [-0.3, -0.25) is 14.2 Å². The first kappa shape index (κ1) is 24.3. The highest BCUT2D eigenvalue weighted by Crippen LogP contribution is 2.22. The fourth-order valence-electron chi connectivity index (χ4n) is 4.10. The van der Waals surface area contributed by atoms with Gasteiger partial charge < -0.3 is 4.90 Å². The van der Waals surface area contributed by atoms with Gasteiger partial charge in [0, 0.05) is 29.4 Å². The van der Waals surface area contributed by atoms with Crippen LogP contribution in [-0.4, -0.2) is 38.0 Å². The molecule has 2 heterocycles. The molecule has 2 aromatic carbocycles. The molecule has 0 saturated carbocycles. The first-order valence-electron chi connectivity index (χ1n) is 11.2. The van der Waals surface area contributed by atoms with Gasteiger partial charge in [-0.15, -0.1) is 0 Å². The van der Waals surface area contributed by atoms with Crippen LogP contribution in [0.5, 0.6) is 0 Å². The molecule has 0 saturated heterocycles. The van der Waals surface area contributed by atoms with Crippen molar-refractivity contribution in [1.82, 2.24) is 19.0 Å². The fraction of sp³-hybridized carbons (Fsp3) is 0.231. The minimum absolute atomic E-state index is 0.00372. The summed E-state index contributed by atoms with van der Waals surface area (Å²) >= 11 is 6.20. The van der Waals surface area contributed by atoms with Gasteiger partial charge in [-0.05, 0) is 51.1 Å². The number of rotatable bonds is 6. The van der Waals surface area contributed by atoms with E-state index in [2.05, 4.69) is 4.98 Å². The summed E-state index contributed by atoms with van der Waals surface area (Å²) in [6, 6.07) is 14.4. The Morgan fingerprint density at radius 1 is 1.06 bits per heavy atom. The number of amides is 1. The highest BCUT2D eigenvalue weighted by atomic mass is 35.5. The molecule has 2 aromatic heterocycles. The number of aryl methyl sites for hydroxylation is 1. The van der Waals surface area contributed by atoms with Crippen LogP contribution in [0.2, 0.25) is 5.02 Å². The normalized spacial score (nSPS) is 11.1. The van der Waals surface area contributed by atoms with E-state index in [-0.39, 0.29) is 33.1 Å². The predicted octanol–water partition coefficient (Wildman–Crippen LogP) is 4.18. The van der Waals surface area contributed by atoms with Crippen molar-refractivity contribution in [2.75, 3.05) is 13.1 Å². The molecule has 0 radical (unpaired) electrons. The number of carbonyl (C=O) groups is 1. The van der Waals surface area contributed by atoms with E-state index in [0.717, 1.165) is 4.57 Å². The Morgan fingerprint density at radius 3 is 2.37 bits per heavy atom. The molecule has 7 nitrogen and oxygen atoms in total. The minimum Gasteiger partial charge on any atom is -0.339 e. The third-order valence-electron chi connectivity index (χ3n) is 5.89. The monoisotopic (exact) mass is 494 g/mol. The van der Waals surface area contributed by atoms with Crippen LogP contribution in [0, 0.1) is 12.7 Å². The largest absolute Gasteiger partial charge is 0.339 e. The van der Waals surface area contributed by atoms with Crippen molar-refractivity contribution < 1.29 is 9.18 Å². The summed E-state index contributed by atoms with van der Waals surface area (Å²) in [5, 5.41) is 0.0764. The van der Waals surface area contributed by atoms with Crippen molar-refractivity contribution in [3.8, 4) is 5.69 Å². The molecule has 1 amide bonds. The molecular formula is C26H24ClFN4O3. The average molecular weight is 495 g/mol. The number of pyridine rings is 1. The summed E-state index contributed by atoms with van der Waals surface area (Å²) < 4.78 is 16.8. The molecule has 35 heavy (non-hydrogen) atoms. The van der Waals surface area contributed by atoms with Crippen LogP contribution in [0.1, 0.15) is 35.5 Å². The zero-order chi connectivity index (χ0) is 25.3. The molecule has 0 aliphatic rings. The van der Waals surface area contributed by atoms with Gasteiger partial charge in [0.25, 0.3) is 11.5 Å². The number of hydrogen-bond acceptors (Lipinski definition) is 4. The minimum atomic E-state index is -0.737. The molecule has 0 bridgehead atoms. The maximum absolute atomic E-state index is 14.6. The third kappa shape index (κ3) is 4.37. The molecule has 0 aliphatic carbocycles. The third-order valence-corrected chi connectivity index (χ3v) is 6.25. The molecule has 180 valence electrons. The van der Waals surface area contributed by atoms with E-state index in [1.54, 1.807) is 48.2 Å². The van der Waals surface area contributed by atoms with Crippen LogP contribution < -0.4 is 11.2 Å². The quantitative estimate of drug-likeness (QED) is 0.403. The van der Waals surface area contributed by atoms with Crippen molar-refractivity contribution in [3.63, 3.8) is 0 Å². The Balaban J connectivity index is 2.14. The van der Waals surface area contributed by atoms with E-state index in [0.29, 0.717) is 24.5 Å². The second-order valence-corrected chi connectivity index (χ2v) is 8.44. The molecule has 0 aliphatic heterocycles. The molecule has 0 N–H and O–H groups in total. The lowest BCUT2D eigenvalue weighted by atomic mass is 10.1. The number of carbonyl (C=O) groups excluding carboxylic acids is 1. The predicted molar refractivity (Wildman–Crippen MR) is 134 cm³/mol. The Kier molecular flexibility index (Phi) is 6.84. The standard InChI is InChI=1S/C26H24ClFN4O3/c1-4-30(5-2)24(33)18-14-16(3)29-23-22(18)25(34)31(15-19-20(27)12-9-13-21(19)28)26(35)32(23)17-10-7-6-8-11-17/h6-14H,4-5,15H2,1-3H3. The summed E-state index contributed by atoms with van der Waals surface area (Å²) in [5.41, 5.74) is -0.311. The molecule has 0 spiro atoms. The van der Waals surface area contributed by atoms with Crippen molar-refractivity contribution in [1.29, 1.82) is 0 Å². The summed E-state index contributed by atoms with van der Waals surface area (Å²) in [7, 11) is 0. The Labute approximate surface area is 206 Å². The lowest BCUT2D eigenvalue weighted by Crippen LogP contribution is -2.41. The van der Waals surface area contributed by atoms with Crippen LogP contribution >= 0.6 is 11.6 Å².